The number of aryl methyl sites for hydroxylation is 2. The van der Waals surface area contributed by atoms with Gasteiger partial charge < -0.3 is 10.2 Å². The number of hydrogen-bond acceptors (Lipinski definition) is 2. The molecule has 162 valence electrons. The van der Waals surface area contributed by atoms with Crippen LogP contribution in [0.4, 0.5) is 0 Å². The Balaban J connectivity index is 2.17. The van der Waals surface area contributed by atoms with E-state index in [4.69, 9.17) is 23.2 Å². The second kappa shape index (κ2) is 12.0. The molecule has 4 nitrogen and oxygen atoms in total. The largest absolute Gasteiger partial charge is 0.354 e. The molecule has 0 spiro atoms. The summed E-state index contributed by atoms with van der Waals surface area (Å²) in [6.45, 7) is 6.63. The zero-order valence-corrected chi connectivity index (χ0v) is 19.4. The Morgan fingerprint density at radius 1 is 1.07 bits per heavy atom. The molecule has 6 heteroatoms. The van der Waals surface area contributed by atoms with Crippen LogP contribution >= 0.6 is 23.2 Å². The van der Waals surface area contributed by atoms with Crippen LogP contribution in [0.25, 0.3) is 0 Å². The van der Waals surface area contributed by atoms with Crippen molar-refractivity contribution in [2.24, 2.45) is 0 Å². The number of benzene rings is 2. The molecule has 2 aromatic rings. The normalized spacial score (nSPS) is 11.8. The minimum absolute atomic E-state index is 0.107. The third-order valence-corrected chi connectivity index (χ3v) is 5.84. The summed E-state index contributed by atoms with van der Waals surface area (Å²) in [7, 11) is 0. The van der Waals surface area contributed by atoms with Gasteiger partial charge in [0.25, 0.3) is 0 Å². The summed E-state index contributed by atoms with van der Waals surface area (Å²) >= 11 is 12.7. The molecule has 2 rings (SSSR count). The first-order valence-electron chi connectivity index (χ1n) is 10.4. The van der Waals surface area contributed by atoms with Gasteiger partial charge in [0.2, 0.25) is 11.8 Å². The van der Waals surface area contributed by atoms with Gasteiger partial charge in [0.15, 0.2) is 0 Å². The molecule has 0 saturated carbocycles. The quantitative estimate of drug-likeness (QED) is 0.483. The van der Waals surface area contributed by atoms with E-state index in [2.05, 4.69) is 12.2 Å². The van der Waals surface area contributed by atoms with E-state index in [1.807, 2.05) is 31.2 Å². The van der Waals surface area contributed by atoms with Crippen molar-refractivity contribution in [2.75, 3.05) is 6.54 Å². The van der Waals surface area contributed by atoms with E-state index in [-0.39, 0.29) is 18.4 Å². The fraction of sp³-hybridized carbons (Fsp3) is 0.417. The van der Waals surface area contributed by atoms with E-state index >= 15 is 0 Å². The minimum atomic E-state index is -0.625. The van der Waals surface area contributed by atoms with E-state index in [1.54, 1.807) is 30.0 Å². The van der Waals surface area contributed by atoms with E-state index in [9.17, 15) is 9.59 Å². The van der Waals surface area contributed by atoms with Crippen LogP contribution in [-0.2, 0) is 22.6 Å². The van der Waals surface area contributed by atoms with Crippen LogP contribution in [0.2, 0.25) is 10.0 Å². The molecule has 1 atom stereocenters. The molecule has 0 aliphatic heterocycles. The molecule has 0 aromatic heterocycles. The summed E-state index contributed by atoms with van der Waals surface area (Å²) in [4.78, 5) is 27.4. The maximum absolute atomic E-state index is 13.1. The van der Waals surface area contributed by atoms with E-state index in [0.29, 0.717) is 35.0 Å². The predicted molar refractivity (Wildman–Crippen MR) is 124 cm³/mol. The van der Waals surface area contributed by atoms with Gasteiger partial charge in [-0.05, 0) is 44.4 Å². The lowest BCUT2D eigenvalue weighted by molar-refractivity contribution is -0.140. The van der Waals surface area contributed by atoms with Crippen LogP contribution < -0.4 is 5.32 Å². The zero-order chi connectivity index (χ0) is 22.1. The Hall–Kier alpha value is -2.04. The number of nitrogens with zero attached hydrogens (tertiary/aromatic N) is 1. The summed E-state index contributed by atoms with van der Waals surface area (Å²) in [5, 5.41) is 3.88. The third kappa shape index (κ3) is 7.03. The van der Waals surface area contributed by atoms with Crippen molar-refractivity contribution >= 4 is 35.0 Å². The average molecular weight is 449 g/mol. The first-order chi connectivity index (χ1) is 14.3. The number of nitrogens with one attached hydrogen (secondary N) is 1. The van der Waals surface area contributed by atoms with Crippen LogP contribution in [0.5, 0.6) is 0 Å². The molecule has 2 aromatic carbocycles. The van der Waals surface area contributed by atoms with Crippen LogP contribution in [0.15, 0.2) is 42.5 Å². The standard InChI is InChI=1S/C24H30Cl2N2O2/c1-4-5-15-27-24(30)18(3)28(16-20-21(25)7-6-8-22(20)26)23(29)14-13-19-11-9-17(2)10-12-19/h6-12,18H,4-5,13-16H2,1-3H3,(H,27,30)/t18-/m1/s1. The lowest BCUT2D eigenvalue weighted by atomic mass is 10.1. The molecule has 0 aliphatic carbocycles. The van der Waals surface area contributed by atoms with Crippen molar-refractivity contribution in [3.8, 4) is 0 Å². The van der Waals surface area contributed by atoms with Crippen LogP contribution in [0.3, 0.4) is 0 Å². The highest BCUT2D eigenvalue weighted by Crippen LogP contribution is 2.27. The predicted octanol–water partition coefficient (Wildman–Crippen LogP) is 5.57. The zero-order valence-electron chi connectivity index (χ0n) is 17.9. The highest BCUT2D eigenvalue weighted by molar-refractivity contribution is 6.36. The second-order valence-electron chi connectivity index (χ2n) is 7.53. The highest BCUT2D eigenvalue weighted by Gasteiger charge is 2.27. The lowest BCUT2D eigenvalue weighted by Gasteiger charge is -2.29. The summed E-state index contributed by atoms with van der Waals surface area (Å²) in [6, 6.07) is 12.7. The second-order valence-corrected chi connectivity index (χ2v) is 8.34. The van der Waals surface area contributed by atoms with Crippen LogP contribution in [0.1, 0.15) is 49.8 Å². The maximum Gasteiger partial charge on any atom is 0.242 e. The molecule has 0 heterocycles. The van der Waals surface area contributed by atoms with Gasteiger partial charge in [-0.15, -0.1) is 0 Å². The number of halogens is 2. The smallest absolute Gasteiger partial charge is 0.242 e. The monoisotopic (exact) mass is 448 g/mol. The summed E-state index contributed by atoms with van der Waals surface area (Å²) in [6.07, 6.45) is 2.80. The van der Waals surface area contributed by atoms with Crippen LogP contribution in [-0.4, -0.2) is 29.3 Å². The Morgan fingerprint density at radius 2 is 1.70 bits per heavy atom. The molecule has 0 saturated heterocycles. The van der Waals surface area contributed by atoms with Gasteiger partial charge >= 0.3 is 0 Å². The first kappa shape index (κ1) is 24.2. The first-order valence-corrected chi connectivity index (χ1v) is 11.1. The molecule has 2 amide bonds. The molecule has 0 aliphatic rings. The Kier molecular flexibility index (Phi) is 9.67. The fourth-order valence-corrected chi connectivity index (χ4v) is 3.64. The highest BCUT2D eigenvalue weighted by atomic mass is 35.5. The van der Waals surface area contributed by atoms with Gasteiger partial charge in [0.1, 0.15) is 6.04 Å². The molecule has 1 N–H and O–H groups in total. The van der Waals surface area contributed by atoms with Crippen LogP contribution in [0, 0.1) is 6.92 Å². The van der Waals surface area contributed by atoms with Crippen molar-refractivity contribution in [2.45, 2.75) is 59.0 Å². The molecule has 0 unspecified atom stereocenters. The molecule has 0 bridgehead atoms. The number of rotatable bonds is 10. The molecule has 0 fully saturated rings. The topological polar surface area (TPSA) is 49.4 Å². The van der Waals surface area contributed by atoms with E-state index in [1.165, 1.54) is 5.56 Å². The van der Waals surface area contributed by atoms with Gasteiger partial charge in [0.05, 0.1) is 0 Å². The SMILES string of the molecule is CCCCNC(=O)[C@@H](C)N(Cc1c(Cl)cccc1Cl)C(=O)CCc1ccc(C)cc1. The third-order valence-electron chi connectivity index (χ3n) is 5.14. The molecule has 30 heavy (non-hydrogen) atoms. The Morgan fingerprint density at radius 3 is 2.30 bits per heavy atom. The summed E-state index contributed by atoms with van der Waals surface area (Å²) in [5.41, 5.74) is 2.92. The lowest BCUT2D eigenvalue weighted by Crippen LogP contribution is -2.48. The Labute approximate surface area is 189 Å². The Bertz CT molecular complexity index is 833. The summed E-state index contributed by atoms with van der Waals surface area (Å²) in [5.74, 6) is -0.278. The number of carbonyl (C=O) groups excluding carboxylic acids is 2. The van der Waals surface area contributed by atoms with Crippen molar-refractivity contribution in [3.05, 3.63) is 69.2 Å². The van der Waals surface area contributed by atoms with Crippen molar-refractivity contribution in [3.63, 3.8) is 0 Å². The summed E-state index contributed by atoms with van der Waals surface area (Å²) < 4.78 is 0. The molecule has 0 radical (unpaired) electrons. The average Bonchev–Trinajstić information content (AvgIpc) is 2.72. The van der Waals surface area contributed by atoms with Crippen molar-refractivity contribution in [1.29, 1.82) is 0 Å². The maximum atomic E-state index is 13.1. The fourth-order valence-electron chi connectivity index (χ4n) is 3.12. The molecular formula is C24H30Cl2N2O2. The van der Waals surface area contributed by atoms with Crippen molar-refractivity contribution < 1.29 is 9.59 Å². The minimum Gasteiger partial charge on any atom is -0.354 e. The number of carbonyl (C=O) groups is 2. The van der Waals surface area contributed by atoms with Gasteiger partial charge in [0, 0.05) is 35.1 Å². The van der Waals surface area contributed by atoms with Gasteiger partial charge in [-0.1, -0.05) is 72.4 Å². The number of unbranched alkanes of at least 4 members (excludes halogenated alkanes) is 1. The van der Waals surface area contributed by atoms with Crippen molar-refractivity contribution in [1.82, 2.24) is 10.2 Å². The van der Waals surface area contributed by atoms with Gasteiger partial charge in [-0.3, -0.25) is 9.59 Å². The van der Waals surface area contributed by atoms with E-state index < -0.39 is 6.04 Å². The van der Waals surface area contributed by atoms with Gasteiger partial charge in [-0.2, -0.15) is 0 Å². The number of amides is 2. The molecular weight excluding hydrogens is 419 g/mol. The number of hydrogen-bond donors (Lipinski definition) is 1. The van der Waals surface area contributed by atoms with Gasteiger partial charge in [-0.25, -0.2) is 0 Å². The van der Waals surface area contributed by atoms with E-state index in [0.717, 1.165) is 18.4 Å².